The summed E-state index contributed by atoms with van der Waals surface area (Å²) < 4.78 is 15.1. The third kappa shape index (κ3) is 4.11. The van der Waals surface area contributed by atoms with Crippen molar-refractivity contribution < 1.29 is 9.18 Å². The summed E-state index contributed by atoms with van der Waals surface area (Å²) in [7, 11) is 0. The molecule has 0 unspecified atom stereocenters. The van der Waals surface area contributed by atoms with Crippen molar-refractivity contribution in [3.8, 4) is 0 Å². The lowest BCUT2D eigenvalue weighted by molar-refractivity contribution is 0.0941. The quantitative estimate of drug-likeness (QED) is 0.691. The Morgan fingerprint density at radius 3 is 2.33 bits per heavy atom. The Morgan fingerprint density at radius 1 is 0.963 bits per heavy atom. The predicted molar refractivity (Wildman–Crippen MR) is 106 cm³/mol. The summed E-state index contributed by atoms with van der Waals surface area (Å²) in [4.78, 5) is 12.9. The molecule has 0 radical (unpaired) electrons. The molecule has 0 aliphatic rings. The van der Waals surface area contributed by atoms with Crippen LogP contribution in [0.1, 0.15) is 44.0 Å². The average Bonchev–Trinajstić information content (AvgIpc) is 2.85. The first-order valence-corrected chi connectivity index (χ1v) is 9.11. The van der Waals surface area contributed by atoms with Gasteiger partial charge in [0.05, 0.1) is 0 Å². The van der Waals surface area contributed by atoms with Crippen molar-refractivity contribution in [2.75, 3.05) is 0 Å². The van der Waals surface area contributed by atoms with Crippen molar-refractivity contribution in [3.63, 3.8) is 0 Å². The van der Waals surface area contributed by atoms with Gasteiger partial charge in [0.15, 0.2) is 0 Å². The zero-order valence-electron chi connectivity index (χ0n) is 16.3. The van der Waals surface area contributed by atoms with E-state index in [2.05, 4.69) is 41.9 Å². The highest BCUT2D eigenvalue weighted by Crippen LogP contribution is 2.23. The van der Waals surface area contributed by atoms with Gasteiger partial charge in [-0.3, -0.25) is 4.79 Å². The van der Waals surface area contributed by atoms with Crippen molar-refractivity contribution in [1.29, 1.82) is 0 Å². The van der Waals surface area contributed by atoms with Gasteiger partial charge in [0, 0.05) is 18.8 Å². The third-order valence-corrected chi connectivity index (χ3v) is 5.14. The van der Waals surface area contributed by atoms with E-state index in [0.29, 0.717) is 18.8 Å². The second-order valence-corrected chi connectivity index (χ2v) is 7.07. The van der Waals surface area contributed by atoms with Gasteiger partial charge in [-0.25, -0.2) is 4.39 Å². The second kappa shape index (κ2) is 7.78. The van der Waals surface area contributed by atoms with Crippen LogP contribution in [-0.4, -0.2) is 10.5 Å². The van der Waals surface area contributed by atoms with Crippen LogP contribution in [0, 0.1) is 33.5 Å². The first-order chi connectivity index (χ1) is 12.9. The van der Waals surface area contributed by atoms with Gasteiger partial charge in [0.2, 0.25) is 0 Å². The Hall–Kier alpha value is -2.88. The van der Waals surface area contributed by atoms with Crippen LogP contribution in [0.5, 0.6) is 0 Å². The molecule has 0 fully saturated rings. The zero-order valence-corrected chi connectivity index (χ0v) is 16.3. The van der Waals surface area contributed by atoms with Gasteiger partial charge in [-0.05, 0) is 62.1 Å². The largest absolute Gasteiger partial charge is 0.347 e. The van der Waals surface area contributed by atoms with Crippen LogP contribution in [0.3, 0.4) is 0 Å². The van der Waals surface area contributed by atoms with Gasteiger partial charge in [-0.1, -0.05) is 42.0 Å². The molecule has 2 aromatic carbocycles. The maximum Gasteiger partial charge on any atom is 0.268 e. The van der Waals surface area contributed by atoms with Crippen molar-refractivity contribution in [1.82, 2.24) is 9.88 Å². The number of aromatic nitrogens is 1. The first kappa shape index (κ1) is 18.9. The van der Waals surface area contributed by atoms with Crippen molar-refractivity contribution in [3.05, 3.63) is 93.6 Å². The Kier molecular flexibility index (Phi) is 5.45. The van der Waals surface area contributed by atoms with E-state index in [-0.39, 0.29) is 11.7 Å². The number of benzene rings is 2. The van der Waals surface area contributed by atoms with Crippen molar-refractivity contribution >= 4 is 5.91 Å². The summed E-state index contributed by atoms with van der Waals surface area (Å²) in [6.45, 7) is 9.18. The molecule has 1 amide bonds. The molecular weight excluding hydrogens is 339 g/mol. The molecule has 0 saturated carbocycles. The topological polar surface area (TPSA) is 34.0 Å². The highest BCUT2D eigenvalue weighted by Gasteiger charge is 2.20. The van der Waals surface area contributed by atoms with E-state index >= 15 is 0 Å². The molecular formula is C23H25FN2O. The van der Waals surface area contributed by atoms with E-state index in [0.717, 1.165) is 22.4 Å². The Labute approximate surface area is 159 Å². The van der Waals surface area contributed by atoms with E-state index in [1.807, 2.05) is 19.9 Å². The Morgan fingerprint density at radius 2 is 1.67 bits per heavy atom. The number of nitrogens with zero attached hydrogens (tertiary/aromatic N) is 1. The zero-order chi connectivity index (χ0) is 19.6. The van der Waals surface area contributed by atoms with E-state index in [9.17, 15) is 9.18 Å². The van der Waals surface area contributed by atoms with E-state index in [4.69, 9.17) is 0 Å². The van der Waals surface area contributed by atoms with Crippen LogP contribution in [0.15, 0.2) is 48.5 Å². The second-order valence-electron chi connectivity index (χ2n) is 7.07. The van der Waals surface area contributed by atoms with Crippen LogP contribution < -0.4 is 5.32 Å². The minimum atomic E-state index is -0.279. The average molecular weight is 364 g/mol. The first-order valence-electron chi connectivity index (χ1n) is 9.11. The number of aryl methyl sites for hydroxylation is 1. The van der Waals surface area contributed by atoms with Gasteiger partial charge >= 0.3 is 0 Å². The summed E-state index contributed by atoms with van der Waals surface area (Å²) in [5, 5.41) is 2.97. The summed E-state index contributed by atoms with van der Waals surface area (Å²) in [5.74, 6) is -0.389. The molecule has 0 saturated heterocycles. The summed E-state index contributed by atoms with van der Waals surface area (Å²) in [6.07, 6.45) is 0. The molecule has 3 nitrogen and oxygen atoms in total. The SMILES string of the molecule is Cc1cccc(Cn2c(C)c(C)c(C)c2C(=O)NCc2ccc(F)cc2)c1. The minimum absolute atomic E-state index is 0.110. The number of halogens is 1. The van der Waals surface area contributed by atoms with Crippen molar-refractivity contribution in [2.45, 2.75) is 40.8 Å². The fourth-order valence-corrected chi connectivity index (χ4v) is 3.37. The molecule has 27 heavy (non-hydrogen) atoms. The van der Waals surface area contributed by atoms with Gasteiger partial charge in [-0.2, -0.15) is 0 Å². The Balaban J connectivity index is 1.86. The maximum atomic E-state index is 13.0. The number of amides is 1. The van der Waals surface area contributed by atoms with Crippen LogP contribution in [-0.2, 0) is 13.1 Å². The van der Waals surface area contributed by atoms with E-state index < -0.39 is 0 Å². The predicted octanol–water partition coefficient (Wildman–Crippen LogP) is 4.84. The maximum absolute atomic E-state index is 13.0. The lowest BCUT2D eigenvalue weighted by Crippen LogP contribution is -2.26. The minimum Gasteiger partial charge on any atom is -0.347 e. The molecule has 1 heterocycles. The molecule has 0 bridgehead atoms. The number of carbonyl (C=O) groups is 1. The number of hydrogen-bond acceptors (Lipinski definition) is 1. The standard InChI is InChI=1S/C23H25FN2O/c1-15-6-5-7-20(12-15)14-26-18(4)16(2)17(3)22(26)23(27)25-13-19-8-10-21(24)11-9-19/h5-12H,13-14H2,1-4H3,(H,25,27). The van der Waals surface area contributed by atoms with Gasteiger partial charge in [0.1, 0.15) is 11.5 Å². The smallest absolute Gasteiger partial charge is 0.268 e. The number of rotatable bonds is 5. The monoisotopic (exact) mass is 364 g/mol. The number of carbonyl (C=O) groups excluding carboxylic acids is 1. The molecule has 0 aliphatic carbocycles. The van der Waals surface area contributed by atoms with E-state index in [1.54, 1.807) is 12.1 Å². The number of hydrogen-bond donors (Lipinski definition) is 1. The highest BCUT2D eigenvalue weighted by molar-refractivity contribution is 5.95. The highest BCUT2D eigenvalue weighted by atomic mass is 19.1. The van der Waals surface area contributed by atoms with Crippen LogP contribution >= 0.6 is 0 Å². The summed E-state index contributed by atoms with van der Waals surface area (Å²) in [5.41, 5.74) is 7.15. The molecule has 4 heteroatoms. The summed E-state index contributed by atoms with van der Waals surface area (Å²) >= 11 is 0. The third-order valence-electron chi connectivity index (χ3n) is 5.14. The molecule has 0 spiro atoms. The van der Waals surface area contributed by atoms with Gasteiger partial charge < -0.3 is 9.88 Å². The van der Waals surface area contributed by atoms with Gasteiger partial charge in [0.25, 0.3) is 5.91 Å². The molecule has 1 N–H and O–H groups in total. The fourth-order valence-electron chi connectivity index (χ4n) is 3.37. The molecule has 0 aliphatic heterocycles. The lowest BCUT2D eigenvalue weighted by atomic mass is 10.1. The molecule has 140 valence electrons. The van der Waals surface area contributed by atoms with Crippen LogP contribution in [0.4, 0.5) is 4.39 Å². The molecule has 0 atom stereocenters. The molecule has 3 aromatic rings. The summed E-state index contributed by atoms with van der Waals surface area (Å²) in [6, 6.07) is 14.5. The van der Waals surface area contributed by atoms with Gasteiger partial charge in [-0.15, -0.1) is 0 Å². The fraction of sp³-hybridized carbons (Fsp3) is 0.261. The molecule has 1 aromatic heterocycles. The van der Waals surface area contributed by atoms with Crippen LogP contribution in [0.2, 0.25) is 0 Å². The molecule has 3 rings (SSSR count). The van der Waals surface area contributed by atoms with E-state index in [1.165, 1.54) is 23.3 Å². The lowest BCUT2D eigenvalue weighted by Gasteiger charge is -2.13. The normalized spacial score (nSPS) is 10.9. The van der Waals surface area contributed by atoms with Crippen LogP contribution in [0.25, 0.3) is 0 Å². The number of nitrogens with one attached hydrogen (secondary N) is 1. The van der Waals surface area contributed by atoms with Crippen molar-refractivity contribution in [2.24, 2.45) is 0 Å². The Bertz CT molecular complexity index is 971.